The molecule has 106 valence electrons. The molecule has 0 bridgehead atoms. The van der Waals surface area contributed by atoms with Gasteiger partial charge in [-0.05, 0) is 19.1 Å². The SMILES string of the molecule is CCN1C(=O)/C(=C/c2ccccc2OC(F)F)SC1=S. The molecule has 0 unspecified atom stereocenters. The van der Waals surface area contributed by atoms with Crippen LogP contribution in [0, 0.1) is 0 Å². The van der Waals surface area contributed by atoms with Crippen LogP contribution >= 0.6 is 24.0 Å². The molecule has 1 heterocycles. The first-order chi connectivity index (χ1) is 9.52. The van der Waals surface area contributed by atoms with Gasteiger partial charge in [-0.1, -0.05) is 42.2 Å². The molecule has 2 rings (SSSR count). The lowest BCUT2D eigenvalue weighted by molar-refractivity contribution is -0.121. The second kappa shape index (κ2) is 6.32. The number of para-hydroxylation sites is 1. The first-order valence-corrected chi connectivity index (χ1v) is 7.04. The highest BCUT2D eigenvalue weighted by Gasteiger charge is 2.30. The minimum atomic E-state index is -2.91. The number of ether oxygens (including phenoxy) is 1. The van der Waals surface area contributed by atoms with Gasteiger partial charge in [0.05, 0.1) is 4.91 Å². The van der Waals surface area contributed by atoms with Crippen molar-refractivity contribution in [2.45, 2.75) is 13.5 Å². The molecule has 0 aliphatic carbocycles. The van der Waals surface area contributed by atoms with E-state index in [-0.39, 0.29) is 11.7 Å². The van der Waals surface area contributed by atoms with Crippen molar-refractivity contribution in [2.75, 3.05) is 6.54 Å². The summed E-state index contributed by atoms with van der Waals surface area (Å²) < 4.78 is 29.5. The summed E-state index contributed by atoms with van der Waals surface area (Å²) in [5.74, 6) is -0.182. The van der Waals surface area contributed by atoms with Crippen LogP contribution in [0.3, 0.4) is 0 Å². The van der Waals surface area contributed by atoms with Gasteiger partial charge in [0.15, 0.2) is 0 Å². The Balaban J connectivity index is 2.32. The van der Waals surface area contributed by atoms with E-state index in [0.717, 1.165) is 11.8 Å². The van der Waals surface area contributed by atoms with E-state index in [2.05, 4.69) is 4.74 Å². The van der Waals surface area contributed by atoms with Gasteiger partial charge in [-0.2, -0.15) is 8.78 Å². The minimum Gasteiger partial charge on any atom is -0.434 e. The molecule has 0 atom stereocenters. The third-order valence-corrected chi connectivity index (χ3v) is 3.99. The first kappa shape index (κ1) is 14.9. The molecule has 1 aromatic rings. The maximum absolute atomic E-state index is 12.3. The van der Waals surface area contributed by atoms with Gasteiger partial charge in [-0.25, -0.2) is 0 Å². The predicted molar refractivity (Wildman–Crippen MR) is 78.6 cm³/mol. The Kier molecular flexibility index (Phi) is 4.72. The van der Waals surface area contributed by atoms with Crippen molar-refractivity contribution in [3.05, 3.63) is 34.7 Å². The monoisotopic (exact) mass is 315 g/mol. The largest absolute Gasteiger partial charge is 0.434 e. The fourth-order valence-electron chi connectivity index (χ4n) is 1.72. The number of rotatable bonds is 4. The molecule has 0 aromatic heterocycles. The van der Waals surface area contributed by atoms with Gasteiger partial charge in [0.25, 0.3) is 5.91 Å². The molecule has 1 saturated heterocycles. The van der Waals surface area contributed by atoms with Gasteiger partial charge in [0, 0.05) is 12.1 Å². The number of hydrogen-bond acceptors (Lipinski definition) is 4. The molecule has 1 amide bonds. The zero-order valence-electron chi connectivity index (χ0n) is 10.5. The summed E-state index contributed by atoms with van der Waals surface area (Å²) in [5, 5.41) is 0. The highest BCUT2D eigenvalue weighted by molar-refractivity contribution is 8.26. The molecule has 7 heteroatoms. The number of halogens is 2. The van der Waals surface area contributed by atoms with E-state index in [1.165, 1.54) is 17.0 Å². The molecule has 1 aromatic carbocycles. The summed E-state index contributed by atoms with van der Waals surface area (Å²) in [7, 11) is 0. The van der Waals surface area contributed by atoms with Crippen molar-refractivity contribution in [1.29, 1.82) is 0 Å². The fraction of sp³-hybridized carbons (Fsp3) is 0.231. The number of nitrogens with zero attached hydrogens (tertiary/aromatic N) is 1. The quantitative estimate of drug-likeness (QED) is 0.628. The number of hydrogen-bond donors (Lipinski definition) is 0. The molecule has 20 heavy (non-hydrogen) atoms. The van der Waals surface area contributed by atoms with Gasteiger partial charge in [-0.3, -0.25) is 9.69 Å². The fourth-order valence-corrected chi connectivity index (χ4v) is 3.09. The van der Waals surface area contributed by atoms with Crippen LogP contribution in [0.15, 0.2) is 29.2 Å². The van der Waals surface area contributed by atoms with Gasteiger partial charge in [0.2, 0.25) is 0 Å². The van der Waals surface area contributed by atoms with Crippen LogP contribution in [0.25, 0.3) is 6.08 Å². The standard InChI is InChI=1S/C13H11F2NO2S2/c1-2-16-11(17)10(20-13(16)19)7-8-5-3-4-6-9(8)18-12(14)15/h3-7,12H,2H2,1H3/b10-7-. The van der Waals surface area contributed by atoms with E-state index in [1.54, 1.807) is 18.2 Å². The lowest BCUT2D eigenvalue weighted by Crippen LogP contribution is -2.27. The van der Waals surface area contributed by atoms with E-state index in [1.807, 2.05) is 6.92 Å². The third kappa shape index (κ3) is 3.16. The number of benzene rings is 1. The van der Waals surface area contributed by atoms with Crippen LogP contribution in [0.1, 0.15) is 12.5 Å². The minimum absolute atomic E-state index is 0.0317. The van der Waals surface area contributed by atoms with Crippen LogP contribution < -0.4 is 4.74 Å². The normalized spacial score (nSPS) is 17.4. The summed E-state index contributed by atoms with van der Waals surface area (Å²) >= 11 is 6.24. The lowest BCUT2D eigenvalue weighted by Gasteiger charge is -2.10. The Bertz CT molecular complexity index is 575. The van der Waals surface area contributed by atoms with Crippen LogP contribution in [-0.2, 0) is 4.79 Å². The second-order valence-corrected chi connectivity index (χ2v) is 5.52. The molecule has 3 nitrogen and oxygen atoms in total. The van der Waals surface area contributed by atoms with Crippen LogP contribution in [0.4, 0.5) is 8.78 Å². The summed E-state index contributed by atoms with van der Waals surface area (Å²) in [6, 6.07) is 6.31. The zero-order chi connectivity index (χ0) is 14.7. The number of thioether (sulfide) groups is 1. The van der Waals surface area contributed by atoms with Crippen LogP contribution in [-0.4, -0.2) is 28.3 Å². The number of likely N-dealkylation sites (N-methyl/N-ethyl adjacent to an activating group) is 1. The molecular weight excluding hydrogens is 304 g/mol. The third-order valence-electron chi connectivity index (χ3n) is 2.61. The Labute approximate surface area is 124 Å². The van der Waals surface area contributed by atoms with Crippen molar-refractivity contribution >= 4 is 40.3 Å². The number of carbonyl (C=O) groups is 1. The average molecular weight is 315 g/mol. The molecule has 1 aliphatic rings. The van der Waals surface area contributed by atoms with E-state index in [9.17, 15) is 13.6 Å². The molecule has 1 aliphatic heterocycles. The molecule has 0 radical (unpaired) electrons. The Morgan fingerprint density at radius 1 is 1.45 bits per heavy atom. The summed E-state index contributed by atoms with van der Waals surface area (Å²) in [5.41, 5.74) is 0.421. The van der Waals surface area contributed by atoms with Gasteiger partial charge < -0.3 is 4.74 Å². The van der Waals surface area contributed by atoms with E-state index in [0.29, 0.717) is 21.3 Å². The van der Waals surface area contributed by atoms with Gasteiger partial charge in [0.1, 0.15) is 10.1 Å². The zero-order valence-corrected chi connectivity index (χ0v) is 12.1. The van der Waals surface area contributed by atoms with Gasteiger partial charge >= 0.3 is 6.61 Å². The van der Waals surface area contributed by atoms with Crippen LogP contribution in [0.2, 0.25) is 0 Å². The highest BCUT2D eigenvalue weighted by Crippen LogP contribution is 2.34. The smallest absolute Gasteiger partial charge is 0.387 e. The summed E-state index contributed by atoms with van der Waals surface area (Å²) in [6.07, 6.45) is 1.52. The van der Waals surface area contributed by atoms with Crippen molar-refractivity contribution in [2.24, 2.45) is 0 Å². The van der Waals surface area contributed by atoms with E-state index < -0.39 is 6.61 Å². The topological polar surface area (TPSA) is 29.5 Å². The number of carbonyl (C=O) groups excluding carboxylic acids is 1. The molecule has 0 spiro atoms. The number of thiocarbonyl (C=S) groups is 1. The lowest BCUT2D eigenvalue weighted by atomic mass is 10.2. The average Bonchev–Trinajstić information content (AvgIpc) is 2.66. The maximum Gasteiger partial charge on any atom is 0.387 e. The number of amides is 1. The Hall–Kier alpha value is -1.47. The van der Waals surface area contributed by atoms with Crippen molar-refractivity contribution in [3.8, 4) is 5.75 Å². The number of alkyl halides is 2. The van der Waals surface area contributed by atoms with Crippen molar-refractivity contribution < 1.29 is 18.3 Å². The maximum atomic E-state index is 12.3. The predicted octanol–water partition coefficient (Wildman–Crippen LogP) is 3.51. The molecule has 1 fully saturated rings. The second-order valence-electron chi connectivity index (χ2n) is 3.84. The van der Waals surface area contributed by atoms with Crippen molar-refractivity contribution in [1.82, 2.24) is 4.90 Å². The van der Waals surface area contributed by atoms with E-state index in [4.69, 9.17) is 12.2 Å². The Morgan fingerprint density at radius 2 is 2.15 bits per heavy atom. The summed E-state index contributed by atoms with van der Waals surface area (Å²) in [6.45, 7) is -0.603. The van der Waals surface area contributed by atoms with Crippen molar-refractivity contribution in [3.63, 3.8) is 0 Å². The molecule has 0 saturated carbocycles. The van der Waals surface area contributed by atoms with Crippen LogP contribution in [0.5, 0.6) is 5.75 Å². The molecular formula is C13H11F2NO2S2. The highest BCUT2D eigenvalue weighted by atomic mass is 32.2. The molecule has 0 N–H and O–H groups in total. The van der Waals surface area contributed by atoms with E-state index >= 15 is 0 Å². The summed E-state index contributed by atoms with van der Waals surface area (Å²) in [4.78, 5) is 13.9. The van der Waals surface area contributed by atoms with Gasteiger partial charge in [-0.15, -0.1) is 0 Å². The first-order valence-electron chi connectivity index (χ1n) is 5.82. The Morgan fingerprint density at radius 3 is 2.75 bits per heavy atom.